The summed E-state index contributed by atoms with van der Waals surface area (Å²) in [5, 5.41) is 36.4. The highest BCUT2D eigenvalue weighted by atomic mass is 32.2. The predicted molar refractivity (Wildman–Crippen MR) is 107 cm³/mol. The molecule has 0 spiro atoms. The number of aromatic hydroxyl groups is 1. The third kappa shape index (κ3) is 4.76. The minimum atomic E-state index is -1.11. The summed E-state index contributed by atoms with van der Waals surface area (Å²) < 4.78 is 0. The first kappa shape index (κ1) is 20.0. The van der Waals surface area contributed by atoms with Crippen LogP contribution in [0.4, 0.5) is 11.4 Å². The van der Waals surface area contributed by atoms with E-state index in [9.17, 15) is 24.8 Å². The Kier molecular flexibility index (Phi) is 5.88. The first-order chi connectivity index (χ1) is 13.8. The lowest BCUT2D eigenvalue weighted by atomic mass is 10.2. The Bertz CT molecular complexity index is 1000. The smallest absolute Gasteiger partial charge is 0.305 e. The van der Waals surface area contributed by atoms with Gasteiger partial charge in [-0.05, 0) is 42.0 Å². The number of phenolic OH excluding ortho intramolecular Hbond substituents is 1. The fourth-order valence-corrected chi connectivity index (χ4v) is 3.57. The molecule has 1 aliphatic rings. The molecule has 2 aromatic rings. The van der Waals surface area contributed by atoms with E-state index >= 15 is 0 Å². The van der Waals surface area contributed by atoms with Gasteiger partial charge in [-0.15, -0.1) is 5.10 Å². The summed E-state index contributed by atoms with van der Waals surface area (Å²) in [5.74, 6) is -1.55. The summed E-state index contributed by atoms with van der Waals surface area (Å²) in [4.78, 5) is 35.1. The van der Waals surface area contributed by atoms with E-state index < -0.39 is 22.0 Å². The number of phenols is 1. The Morgan fingerprint density at radius 2 is 1.86 bits per heavy atom. The molecule has 0 aliphatic carbocycles. The van der Waals surface area contributed by atoms with Crippen molar-refractivity contribution in [3.8, 4) is 5.75 Å². The highest BCUT2D eigenvalue weighted by Crippen LogP contribution is 2.34. The number of carbonyl (C=O) groups is 2. The molecular weight excluding hydrogens is 400 g/mol. The number of carboxylic acid groups (broad SMARTS) is 1. The van der Waals surface area contributed by atoms with Gasteiger partial charge in [0.1, 0.15) is 11.0 Å². The van der Waals surface area contributed by atoms with Crippen molar-refractivity contribution >= 4 is 46.4 Å². The van der Waals surface area contributed by atoms with Crippen LogP contribution < -0.4 is 4.90 Å². The molecule has 10 nitrogen and oxygen atoms in total. The number of benzene rings is 2. The average Bonchev–Trinajstić information content (AvgIpc) is 2.98. The molecule has 1 saturated heterocycles. The van der Waals surface area contributed by atoms with E-state index in [2.05, 4.69) is 10.2 Å². The van der Waals surface area contributed by atoms with Crippen LogP contribution in [0.25, 0.3) is 0 Å². The van der Waals surface area contributed by atoms with E-state index in [1.807, 2.05) is 0 Å². The summed E-state index contributed by atoms with van der Waals surface area (Å²) in [6, 6.07) is 11.5. The number of hydrogen-bond donors (Lipinski definition) is 2. The molecule has 29 heavy (non-hydrogen) atoms. The topological polar surface area (TPSA) is 146 Å². The Balaban J connectivity index is 1.86. The fraction of sp³-hybridized carbons (Fsp3) is 0.111. The summed E-state index contributed by atoms with van der Waals surface area (Å²) >= 11 is 0.976. The third-order valence-electron chi connectivity index (χ3n) is 3.86. The molecule has 11 heteroatoms. The second-order valence-corrected chi connectivity index (χ2v) is 7.04. The van der Waals surface area contributed by atoms with Gasteiger partial charge in [0.2, 0.25) is 5.91 Å². The quantitative estimate of drug-likeness (QED) is 0.420. The second-order valence-electron chi connectivity index (χ2n) is 5.87. The maximum Gasteiger partial charge on any atom is 0.305 e. The Hall–Kier alpha value is -3.73. The van der Waals surface area contributed by atoms with Crippen LogP contribution in [-0.2, 0) is 9.59 Å². The molecule has 0 radical (unpaired) electrons. The first-order valence-electron chi connectivity index (χ1n) is 8.22. The Morgan fingerprint density at radius 3 is 2.45 bits per heavy atom. The van der Waals surface area contributed by atoms with Crippen LogP contribution in [-0.4, -0.2) is 43.6 Å². The number of nitro groups is 1. The van der Waals surface area contributed by atoms with Gasteiger partial charge in [0.05, 0.1) is 23.2 Å². The molecule has 1 aliphatic heterocycles. The molecule has 1 unspecified atom stereocenters. The summed E-state index contributed by atoms with van der Waals surface area (Å²) in [6.45, 7) is 0. The molecule has 0 bridgehead atoms. The molecule has 148 valence electrons. The van der Waals surface area contributed by atoms with Crippen molar-refractivity contribution in [1.82, 2.24) is 0 Å². The zero-order chi connectivity index (χ0) is 21.0. The van der Waals surface area contributed by atoms with Crippen molar-refractivity contribution < 1.29 is 24.7 Å². The second kappa shape index (κ2) is 8.52. The highest BCUT2D eigenvalue weighted by Gasteiger charge is 2.40. The lowest BCUT2D eigenvalue weighted by molar-refractivity contribution is -0.384. The molecule has 0 saturated carbocycles. The maximum absolute atomic E-state index is 12.7. The van der Waals surface area contributed by atoms with Crippen molar-refractivity contribution in [3.63, 3.8) is 0 Å². The summed E-state index contributed by atoms with van der Waals surface area (Å²) in [7, 11) is 0. The SMILES string of the molecule is O=C(O)CC1S/C(=N\N=C\c2ccc([N+](=O)[O-])cc2)N(c2ccc(O)cc2)C1=O. The van der Waals surface area contributed by atoms with Crippen molar-refractivity contribution in [3.05, 3.63) is 64.2 Å². The first-order valence-corrected chi connectivity index (χ1v) is 9.10. The van der Waals surface area contributed by atoms with Gasteiger partial charge in [-0.3, -0.25) is 24.6 Å². The lowest BCUT2D eigenvalue weighted by Crippen LogP contribution is -2.32. The minimum absolute atomic E-state index is 0.0183. The zero-order valence-corrected chi connectivity index (χ0v) is 15.5. The van der Waals surface area contributed by atoms with Crippen molar-refractivity contribution in [2.75, 3.05) is 4.90 Å². The number of aliphatic carboxylic acids is 1. The lowest BCUT2D eigenvalue weighted by Gasteiger charge is -2.15. The van der Waals surface area contributed by atoms with Crippen molar-refractivity contribution in [1.29, 1.82) is 0 Å². The van der Waals surface area contributed by atoms with Crippen LogP contribution in [0.15, 0.2) is 58.7 Å². The fourth-order valence-electron chi connectivity index (χ4n) is 2.49. The van der Waals surface area contributed by atoms with Gasteiger partial charge in [0.15, 0.2) is 5.17 Å². The molecular formula is C18H14N4O6S. The molecule has 1 heterocycles. The van der Waals surface area contributed by atoms with Crippen LogP contribution in [0.5, 0.6) is 5.75 Å². The van der Waals surface area contributed by atoms with Gasteiger partial charge in [-0.25, -0.2) is 0 Å². The van der Waals surface area contributed by atoms with E-state index in [1.54, 1.807) is 0 Å². The standard InChI is InChI=1S/C18H14N4O6S/c23-14-7-5-12(6-8-14)21-17(26)15(9-16(24)25)29-18(21)20-19-10-11-1-3-13(4-2-11)22(27)28/h1-8,10,15,23H,9H2,(H,24,25)/b19-10+,20-18-. The van der Waals surface area contributed by atoms with Gasteiger partial charge >= 0.3 is 5.97 Å². The number of non-ortho nitro benzene ring substituents is 1. The molecule has 3 rings (SSSR count). The van der Waals surface area contributed by atoms with Gasteiger partial charge in [-0.1, -0.05) is 11.8 Å². The normalized spacial score (nSPS) is 17.9. The molecule has 1 amide bonds. The van der Waals surface area contributed by atoms with E-state index in [-0.39, 0.29) is 23.0 Å². The molecule has 1 fully saturated rings. The molecule has 0 aromatic heterocycles. The average molecular weight is 414 g/mol. The van der Waals surface area contributed by atoms with Gasteiger partial charge < -0.3 is 10.2 Å². The number of amides is 1. The number of amidine groups is 1. The minimum Gasteiger partial charge on any atom is -0.508 e. The monoisotopic (exact) mass is 414 g/mol. The number of nitrogens with zero attached hydrogens (tertiary/aromatic N) is 4. The largest absolute Gasteiger partial charge is 0.508 e. The number of thioether (sulfide) groups is 1. The number of hydrogen-bond acceptors (Lipinski definition) is 8. The number of rotatable bonds is 6. The molecule has 2 aromatic carbocycles. The van der Waals surface area contributed by atoms with Crippen LogP contribution >= 0.6 is 11.8 Å². The summed E-state index contributed by atoms with van der Waals surface area (Å²) in [6.07, 6.45) is 0.991. The predicted octanol–water partition coefficient (Wildman–Crippen LogP) is 2.61. The highest BCUT2D eigenvalue weighted by molar-refractivity contribution is 8.16. The van der Waals surface area contributed by atoms with Crippen molar-refractivity contribution in [2.24, 2.45) is 10.2 Å². The van der Waals surface area contributed by atoms with Gasteiger partial charge in [0, 0.05) is 12.1 Å². The van der Waals surface area contributed by atoms with Crippen LogP contribution in [0.1, 0.15) is 12.0 Å². The number of carboxylic acids is 1. The number of nitro benzene ring substituents is 1. The number of anilines is 1. The van der Waals surface area contributed by atoms with Gasteiger partial charge in [-0.2, -0.15) is 5.10 Å². The summed E-state index contributed by atoms with van der Waals surface area (Å²) in [5.41, 5.74) is 0.922. The maximum atomic E-state index is 12.7. The van der Waals surface area contributed by atoms with Crippen LogP contribution in [0.3, 0.4) is 0 Å². The van der Waals surface area contributed by atoms with Crippen molar-refractivity contribution in [2.45, 2.75) is 11.7 Å². The Morgan fingerprint density at radius 1 is 1.21 bits per heavy atom. The zero-order valence-electron chi connectivity index (χ0n) is 14.7. The van der Waals surface area contributed by atoms with E-state index in [0.717, 1.165) is 11.8 Å². The van der Waals surface area contributed by atoms with E-state index in [0.29, 0.717) is 11.3 Å². The van der Waals surface area contributed by atoms with Crippen LogP contribution in [0.2, 0.25) is 0 Å². The van der Waals surface area contributed by atoms with E-state index in [1.165, 1.54) is 59.6 Å². The van der Waals surface area contributed by atoms with E-state index in [4.69, 9.17) is 5.11 Å². The molecule has 1 atom stereocenters. The van der Waals surface area contributed by atoms with Gasteiger partial charge in [0.25, 0.3) is 5.69 Å². The third-order valence-corrected chi connectivity index (χ3v) is 4.98. The Labute approximate surface area is 168 Å². The van der Waals surface area contributed by atoms with Crippen LogP contribution in [0, 0.1) is 10.1 Å². The number of carbonyl (C=O) groups excluding carboxylic acids is 1. The molecule has 2 N–H and O–H groups in total.